The quantitative estimate of drug-likeness (QED) is 0.690. The van der Waals surface area contributed by atoms with Crippen molar-refractivity contribution in [2.75, 3.05) is 6.54 Å². The summed E-state index contributed by atoms with van der Waals surface area (Å²) in [6, 6.07) is 0.674. The van der Waals surface area contributed by atoms with Gasteiger partial charge in [0.05, 0.1) is 6.54 Å². The number of rotatable bonds is 3. The summed E-state index contributed by atoms with van der Waals surface area (Å²) >= 11 is 0. The van der Waals surface area contributed by atoms with Crippen molar-refractivity contribution in [3.05, 3.63) is 0 Å². The van der Waals surface area contributed by atoms with E-state index in [1.165, 1.54) is 32.1 Å². The molecule has 1 N–H and O–H groups in total. The van der Waals surface area contributed by atoms with Gasteiger partial charge in [0, 0.05) is 6.04 Å². The summed E-state index contributed by atoms with van der Waals surface area (Å²) in [6.45, 7) is 0.562. The van der Waals surface area contributed by atoms with Crippen molar-refractivity contribution in [1.82, 2.24) is 5.32 Å². The Morgan fingerprint density at radius 2 is 1.57 bits per heavy atom. The molecule has 4 saturated carbocycles. The van der Waals surface area contributed by atoms with Gasteiger partial charge in [0.1, 0.15) is 6.29 Å². The second-order valence-electron chi connectivity index (χ2n) is 5.53. The molecule has 2 nitrogen and oxygen atoms in total. The van der Waals surface area contributed by atoms with Gasteiger partial charge >= 0.3 is 0 Å². The molecule has 0 aromatic rings. The van der Waals surface area contributed by atoms with Gasteiger partial charge in [-0.05, 0) is 55.8 Å². The highest BCUT2D eigenvalue weighted by Gasteiger charge is 2.47. The van der Waals surface area contributed by atoms with Crippen LogP contribution in [-0.4, -0.2) is 18.9 Å². The Morgan fingerprint density at radius 1 is 1.00 bits per heavy atom. The Bertz CT molecular complexity index is 210. The summed E-state index contributed by atoms with van der Waals surface area (Å²) in [5, 5.41) is 3.45. The highest BCUT2D eigenvalue weighted by atomic mass is 16.1. The van der Waals surface area contributed by atoms with Crippen LogP contribution >= 0.6 is 0 Å². The molecule has 4 fully saturated rings. The monoisotopic (exact) mass is 193 g/mol. The first kappa shape index (κ1) is 8.90. The molecule has 14 heavy (non-hydrogen) atoms. The molecule has 4 bridgehead atoms. The molecule has 4 aliphatic rings. The Kier molecular flexibility index (Phi) is 2.12. The van der Waals surface area contributed by atoms with Crippen molar-refractivity contribution in [3.63, 3.8) is 0 Å². The van der Waals surface area contributed by atoms with Gasteiger partial charge in [-0.1, -0.05) is 0 Å². The lowest BCUT2D eigenvalue weighted by atomic mass is 9.54. The predicted molar refractivity (Wildman–Crippen MR) is 54.9 cm³/mol. The topological polar surface area (TPSA) is 29.1 Å². The molecule has 4 aliphatic carbocycles. The zero-order valence-corrected chi connectivity index (χ0v) is 8.61. The molecule has 0 spiro atoms. The van der Waals surface area contributed by atoms with Gasteiger partial charge in [0.2, 0.25) is 0 Å². The second kappa shape index (κ2) is 3.34. The van der Waals surface area contributed by atoms with Crippen molar-refractivity contribution in [2.24, 2.45) is 23.7 Å². The molecule has 0 unspecified atom stereocenters. The minimum Gasteiger partial charge on any atom is -0.307 e. The molecule has 0 aromatic heterocycles. The van der Waals surface area contributed by atoms with Gasteiger partial charge in [-0.3, -0.25) is 0 Å². The number of aldehydes is 1. The molecule has 78 valence electrons. The summed E-state index contributed by atoms with van der Waals surface area (Å²) in [6.07, 6.45) is 8.25. The van der Waals surface area contributed by atoms with Crippen LogP contribution in [0.4, 0.5) is 0 Å². The maximum atomic E-state index is 10.4. The Hall–Kier alpha value is -0.370. The maximum Gasteiger partial charge on any atom is 0.133 e. The summed E-state index contributed by atoms with van der Waals surface area (Å²) in [5.74, 6) is 3.86. The summed E-state index contributed by atoms with van der Waals surface area (Å²) in [4.78, 5) is 10.4. The van der Waals surface area contributed by atoms with Gasteiger partial charge in [-0.2, -0.15) is 0 Å². The molecule has 4 rings (SSSR count). The van der Waals surface area contributed by atoms with Crippen LogP contribution in [0.5, 0.6) is 0 Å². The number of hydrogen-bond donors (Lipinski definition) is 1. The number of hydrogen-bond acceptors (Lipinski definition) is 2. The lowest BCUT2D eigenvalue weighted by Crippen LogP contribution is -2.54. The van der Waals surface area contributed by atoms with Gasteiger partial charge < -0.3 is 10.1 Å². The molecule has 0 amide bonds. The van der Waals surface area contributed by atoms with E-state index in [0.29, 0.717) is 12.6 Å². The molecule has 0 radical (unpaired) electrons. The average molecular weight is 193 g/mol. The average Bonchev–Trinajstić information content (AvgIpc) is 2.15. The van der Waals surface area contributed by atoms with Gasteiger partial charge in [-0.15, -0.1) is 0 Å². The number of carbonyl (C=O) groups excluding carboxylic acids is 1. The van der Waals surface area contributed by atoms with Crippen LogP contribution in [0.2, 0.25) is 0 Å². The maximum absolute atomic E-state index is 10.4. The summed E-state index contributed by atoms with van der Waals surface area (Å²) in [7, 11) is 0. The van der Waals surface area contributed by atoms with E-state index in [1.54, 1.807) is 0 Å². The SMILES string of the molecule is O=CCNC1C2CC3CC(C2)CC1C3. The largest absolute Gasteiger partial charge is 0.307 e. The van der Waals surface area contributed by atoms with Crippen LogP contribution < -0.4 is 5.32 Å². The highest BCUT2D eigenvalue weighted by molar-refractivity contribution is 5.51. The first-order chi connectivity index (χ1) is 6.86. The molecular weight excluding hydrogens is 174 g/mol. The van der Waals surface area contributed by atoms with Crippen LogP contribution in [0.15, 0.2) is 0 Å². The third-order valence-electron chi connectivity index (χ3n) is 4.66. The lowest BCUT2D eigenvalue weighted by molar-refractivity contribution is -0.107. The molecule has 2 heteroatoms. The van der Waals surface area contributed by atoms with E-state index < -0.39 is 0 Å². The molecule has 0 aromatic carbocycles. The first-order valence-electron chi connectivity index (χ1n) is 6.04. The Labute approximate surface area is 85.4 Å². The van der Waals surface area contributed by atoms with Crippen molar-refractivity contribution >= 4 is 6.29 Å². The molecule has 0 saturated heterocycles. The summed E-state index contributed by atoms with van der Waals surface area (Å²) < 4.78 is 0. The number of nitrogens with one attached hydrogen (secondary N) is 1. The van der Waals surface area contributed by atoms with Crippen LogP contribution in [0.3, 0.4) is 0 Å². The normalized spacial score (nSPS) is 49.6. The fourth-order valence-corrected chi connectivity index (χ4v) is 4.44. The van der Waals surface area contributed by atoms with E-state index in [2.05, 4.69) is 5.32 Å². The highest BCUT2D eigenvalue weighted by Crippen LogP contribution is 2.53. The van der Waals surface area contributed by atoms with E-state index >= 15 is 0 Å². The van der Waals surface area contributed by atoms with E-state index in [1.807, 2.05) is 0 Å². The smallest absolute Gasteiger partial charge is 0.133 e. The first-order valence-corrected chi connectivity index (χ1v) is 6.04. The lowest BCUT2D eigenvalue weighted by Gasteiger charge is -2.54. The standard InChI is InChI=1S/C12H19NO/c14-2-1-13-12-10-4-8-3-9(6-10)7-11(12)5-8/h2,8-13H,1,3-7H2. The van der Waals surface area contributed by atoms with Crippen LogP contribution in [0, 0.1) is 23.7 Å². The zero-order chi connectivity index (χ0) is 9.54. The molecule has 0 atom stereocenters. The minimum atomic E-state index is 0.562. The molecule has 0 aliphatic heterocycles. The van der Waals surface area contributed by atoms with E-state index in [0.717, 1.165) is 30.0 Å². The van der Waals surface area contributed by atoms with Gasteiger partial charge in [0.15, 0.2) is 0 Å². The van der Waals surface area contributed by atoms with Gasteiger partial charge in [-0.25, -0.2) is 0 Å². The Morgan fingerprint density at radius 3 is 2.07 bits per heavy atom. The summed E-state index contributed by atoms with van der Waals surface area (Å²) in [5.41, 5.74) is 0. The van der Waals surface area contributed by atoms with E-state index in [9.17, 15) is 4.79 Å². The van der Waals surface area contributed by atoms with Gasteiger partial charge in [0.25, 0.3) is 0 Å². The van der Waals surface area contributed by atoms with Crippen LogP contribution in [-0.2, 0) is 4.79 Å². The van der Waals surface area contributed by atoms with E-state index in [4.69, 9.17) is 0 Å². The fraction of sp³-hybridized carbons (Fsp3) is 0.917. The third kappa shape index (κ3) is 1.31. The van der Waals surface area contributed by atoms with Crippen molar-refractivity contribution in [1.29, 1.82) is 0 Å². The third-order valence-corrected chi connectivity index (χ3v) is 4.66. The van der Waals surface area contributed by atoms with Crippen molar-refractivity contribution < 1.29 is 4.79 Å². The zero-order valence-electron chi connectivity index (χ0n) is 8.61. The van der Waals surface area contributed by atoms with E-state index in [-0.39, 0.29) is 0 Å². The second-order valence-corrected chi connectivity index (χ2v) is 5.53. The van der Waals surface area contributed by atoms with Crippen LogP contribution in [0.1, 0.15) is 32.1 Å². The fourth-order valence-electron chi connectivity index (χ4n) is 4.44. The predicted octanol–water partition coefficient (Wildman–Crippen LogP) is 1.60. The van der Waals surface area contributed by atoms with Crippen molar-refractivity contribution in [3.8, 4) is 0 Å². The molecule has 0 heterocycles. The Balaban J connectivity index is 1.71. The number of carbonyl (C=O) groups is 1. The minimum absolute atomic E-state index is 0.562. The van der Waals surface area contributed by atoms with Crippen molar-refractivity contribution in [2.45, 2.75) is 38.1 Å². The van der Waals surface area contributed by atoms with Crippen LogP contribution in [0.25, 0.3) is 0 Å². The molecular formula is C12H19NO.